The van der Waals surface area contributed by atoms with E-state index in [0.717, 1.165) is 12.3 Å². The van der Waals surface area contributed by atoms with Crippen molar-refractivity contribution in [3.8, 4) is 0 Å². The van der Waals surface area contributed by atoms with Gasteiger partial charge < -0.3 is 14.7 Å². The van der Waals surface area contributed by atoms with Gasteiger partial charge in [0.2, 0.25) is 0 Å². The van der Waals surface area contributed by atoms with Gasteiger partial charge in [-0.25, -0.2) is 4.79 Å². The van der Waals surface area contributed by atoms with Crippen LogP contribution in [-0.4, -0.2) is 45.4 Å². The van der Waals surface area contributed by atoms with Crippen molar-refractivity contribution in [1.82, 2.24) is 9.88 Å². The number of aromatic nitrogens is 1. The zero-order valence-corrected chi connectivity index (χ0v) is 16.6. The van der Waals surface area contributed by atoms with Crippen molar-refractivity contribution >= 4 is 6.09 Å². The molecule has 0 unspecified atom stereocenters. The van der Waals surface area contributed by atoms with E-state index in [0.29, 0.717) is 31.6 Å². The van der Waals surface area contributed by atoms with Gasteiger partial charge in [-0.05, 0) is 45.7 Å². The van der Waals surface area contributed by atoms with E-state index in [-0.39, 0.29) is 6.42 Å². The van der Waals surface area contributed by atoms with E-state index < -0.39 is 29.0 Å². The second-order valence-electron chi connectivity index (χ2n) is 7.40. The molecule has 2 heterocycles. The second kappa shape index (κ2) is 8.91. The summed E-state index contributed by atoms with van der Waals surface area (Å²) in [6.45, 7) is 9.99. The Hall–Kier alpha value is -1.83. The van der Waals surface area contributed by atoms with Crippen molar-refractivity contribution in [3.05, 3.63) is 29.6 Å². The number of hydrogen-bond donors (Lipinski definition) is 1. The largest absolute Gasteiger partial charge is 0.444 e. The van der Waals surface area contributed by atoms with Crippen molar-refractivity contribution in [2.45, 2.75) is 71.3 Å². The number of nitrogens with zero attached hydrogens (tertiary/aromatic N) is 2. The number of aliphatic hydroxyl groups is 1. The third kappa shape index (κ3) is 7.36. The molecule has 8 heteroatoms. The van der Waals surface area contributed by atoms with Crippen molar-refractivity contribution in [3.63, 3.8) is 0 Å². The summed E-state index contributed by atoms with van der Waals surface area (Å²) < 4.78 is 42.9. The smallest absolute Gasteiger partial charge is 0.417 e. The molecule has 1 amide bonds. The highest BCUT2D eigenvalue weighted by Crippen LogP contribution is 2.30. The molecular weight excluding hydrogens is 361 g/mol. The Morgan fingerprint density at radius 2 is 1.78 bits per heavy atom. The maximum Gasteiger partial charge on any atom is 0.417 e. The van der Waals surface area contributed by atoms with E-state index in [4.69, 9.17) is 4.74 Å². The fourth-order valence-corrected chi connectivity index (χ4v) is 2.64. The molecular formula is C19H29F3N2O3. The zero-order valence-electron chi connectivity index (χ0n) is 16.6. The number of halogens is 3. The summed E-state index contributed by atoms with van der Waals surface area (Å²) >= 11 is 0. The molecule has 1 N–H and O–H groups in total. The number of rotatable bonds is 2. The first-order valence-electron chi connectivity index (χ1n) is 9.10. The molecule has 1 aliphatic heterocycles. The fourth-order valence-electron chi connectivity index (χ4n) is 2.64. The van der Waals surface area contributed by atoms with Gasteiger partial charge in [-0.1, -0.05) is 13.8 Å². The van der Waals surface area contributed by atoms with Gasteiger partial charge in [0.05, 0.1) is 11.2 Å². The molecule has 1 aromatic rings. The third-order valence-corrected chi connectivity index (χ3v) is 4.01. The van der Waals surface area contributed by atoms with Gasteiger partial charge in [0.25, 0.3) is 0 Å². The van der Waals surface area contributed by atoms with Crippen LogP contribution in [0.4, 0.5) is 18.0 Å². The lowest BCUT2D eigenvalue weighted by Gasteiger charge is -2.38. The van der Waals surface area contributed by atoms with Crippen molar-refractivity contribution < 1.29 is 27.8 Å². The first-order valence-corrected chi connectivity index (χ1v) is 9.10. The highest BCUT2D eigenvalue weighted by Gasteiger charge is 2.36. The number of hydrogen-bond acceptors (Lipinski definition) is 4. The first-order chi connectivity index (χ1) is 12.4. The van der Waals surface area contributed by atoms with Crippen LogP contribution in [0.2, 0.25) is 0 Å². The average Bonchev–Trinajstić information content (AvgIpc) is 2.55. The van der Waals surface area contributed by atoms with E-state index in [2.05, 4.69) is 4.98 Å². The molecule has 0 aliphatic carbocycles. The molecule has 0 spiro atoms. The van der Waals surface area contributed by atoms with E-state index in [1.54, 1.807) is 20.8 Å². The molecule has 0 bridgehead atoms. The number of amides is 1. The van der Waals surface area contributed by atoms with E-state index >= 15 is 0 Å². The van der Waals surface area contributed by atoms with E-state index in [1.165, 1.54) is 11.0 Å². The average molecular weight is 390 g/mol. The summed E-state index contributed by atoms with van der Waals surface area (Å²) in [6, 6.07) is 2.24. The SMILES string of the molecule is CC.CC(C)(C)OC(=O)N1CCC(O)(Cc2ccc(C(F)(F)F)cn2)CC1. The molecule has 2 rings (SSSR count). The maximum atomic E-state index is 12.6. The molecule has 1 aliphatic rings. The van der Waals surface area contributed by atoms with Crippen LogP contribution in [0.1, 0.15) is 58.7 Å². The molecule has 1 aromatic heterocycles. The normalized spacial score (nSPS) is 17.0. The Bertz CT molecular complexity index is 602. The lowest BCUT2D eigenvalue weighted by atomic mass is 9.87. The van der Waals surface area contributed by atoms with Crippen LogP contribution in [0.25, 0.3) is 0 Å². The van der Waals surface area contributed by atoms with Crippen LogP contribution in [0.5, 0.6) is 0 Å². The summed E-state index contributed by atoms with van der Waals surface area (Å²) in [5, 5.41) is 10.6. The molecule has 27 heavy (non-hydrogen) atoms. The molecule has 0 radical (unpaired) electrons. The van der Waals surface area contributed by atoms with E-state index in [1.807, 2.05) is 13.8 Å². The summed E-state index contributed by atoms with van der Waals surface area (Å²) in [4.78, 5) is 17.3. The maximum absolute atomic E-state index is 12.6. The Kier molecular flexibility index (Phi) is 7.66. The molecule has 0 saturated carbocycles. The monoisotopic (exact) mass is 390 g/mol. The van der Waals surface area contributed by atoms with Gasteiger partial charge >= 0.3 is 12.3 Å². The highest BCUT2D eigenvalue weighted by atomic mass is 19.4. The lowest BCUT2D eigenvalue weighted by Crippen LogP contribution is -2.49. The molecule has 154 valence electrons. The first kappa shape index (κ1) is 23.2. The third-order valence-electron chi connectivity index (χ3n) is 4.01. The van der Waals surface area contributed by atoms with Crippen LogP contribution in [-0.2, 0) is 17.3 Å². The fraction of sp³-hybridized carbons (Fsp3) is 0.684. The van der Waals surface area contributed by atoms with Crippen molar-refractivity contribution in [1.29, 1.82) is 0 Å². The molecule has 0 aromatic carbocycles. The molecule has 1 saturated heterocycles. The Morgan fingerprint density at radius 1 is 1.22 bits per heavy atom. The van der Waals surface area contributed by atoms with Crippen molar-refractivity contribution in [2.24, 2.45) is 0 Å². The van der Waals surface area contributed by atoms with Gasteiger partial charge in [-0.3, -0.25) is 4.98 Å². The Balaban J connectivity index is 0.00000176. The zero-order chi connectivity index (χ0) is 20.9. The number of ether oxygens (including phenoxy) is 1. The summed E-state index contributed by atoms with van der Waals surface area (Å²) in [5.41, 5.74) is -2.11. The van der Waals surface area contributed by atoms with Crippen LogP contribution in [0.15, 0.2) is 18.3 Å². The predicted molar refractivity (Wildman–Crippen MR) is 96.3 cm³/mol. The molecule has 5 nitrogen and oxygen atoms in total. The summed E-state index contributed by atoms with van der Waals surface area (Å²) in [7, 11) is 0. The molecule has 1 fully saturated rings. The van der Waals surface area contributed by atoms with Crippen LogP contribution >= 0.6 is 0 Å². The summed E-state index contributed by atoms with van der Waals surface area (Å²) in [6.07, 6.45) is -3.31. The second-order valence-corrected chi connectivity index (χ2v) is 7.40. The quantitative estimate of drug-likeness (QED) is 0.811. The van der Waals surface area contributed by atoms with Gasteiger partial charge in [0, 0.05) is 31.4 Å². The van der Waals surface area contributed by atoms with Gasteiger partial charge in [0.15, 0.2) is 0 Å². The standard InChI is InChI=1S/C17H23F3N2O3.C2H6/c1-15(2,3)25-14(23)22-8-6-16(24,7-9-22)10-13-5-4-12(11-21-13)17(18,19)20;1-2/h4-5,11,24H,6-10H2,1-3H3;1-2H3. The van der Waals surface area contributed by atoms with E-state index in [9.17, 15) is 23.1 Å². The number of carbonyl (C=O) groups excluding carboxylic acids is 1. The minimum atomic E-state index is -4.43. The van der Waals surface area contributed by atoms with Gasteiger partial charge in [-0.15, -0.1) is 0 Å². The Labute approximate surface area is 158 Å². The molecule has 0 atom stereocenters. The number of carbonyl (C=O) groups is 1. The van der Waals surface area contributed by atoms with Crippen LogP contribution in [0.3, 0.4) is 0 Å². The van der Waals surface area contributed by atoms with Crippen LogP contribution < -0.4 is 0 Å². The minimum absolute atomic E-state index is 0.146. The van der Waals surface area contributed by atoms with Gasteiger partial charge in [-0.2, -0.15) is 13.2 Å². The Morgan fingerprint density at radius 3 is 2.19 bits per heavy atom. The summed E-state index contributed by atoms with van der Waals surface area (Å²) in [5.74, 6) is 0. The van der Waals surface area contributed by atoms with Crippen LogP contribution in [0, 0.1) is 0 Å². The topological polar surface area (TPSA) is 62.7 Å². The van der Waals surface area contributed by atoms with Gasteiger partial charge in [0.1, 0.15) is 5.60 Å². The minimum Gasteiger partial charge on any atom is -0.444 e. The number of likely N-dealkylation sites (tertiary alicyclic amines) is 1. The lowest BCUT2D eigenvalue weighted by molar-refractivity contribution is -0.137. The predicted octanol–water partition coefficient (Wildman–Crippen LogP) is 4.43. The number of pyridine rings is 1. The highest BCUT2D eigenvalue weighted by molar-refractivity contribution is 5.68. The number of piperidine rings is 1. The van der Waals surface area contributed by atoms with Crippen molar-refractivity contribution in [2.75, 3.05) is 13.1 Å². The number of alkyl halides is 3.